The number of carbonyl (C=O) groups is 1. The Hall–Kier alpha value is -1.93. The summed E-state index contributed by atoms with van der Waals surface area (Å²) in [5.41, 5.74) is 5.80. The van der Waals surface area contributed by atoms with Crippen LogP contribution in [0.5, 0.6) is 0 Å². The molecule has 28 heavy (non-hydrogen) atoms. The number of anilines is 2. The monoisotopic (exact) mass is 391 g/mol. The minimum atomic E-state index is -0.555. The van der Waals surface area contributed by atoms with E-state index in [4.69, 9.17) is 10.5 Å². The highest BCUT2D eigenvalue weighted by atomic mass is 16.5. The van der Waals surface area contributed by atoms with Crippen LogP contribution in [0.25, 0.3) is 0 Å². The predicted octanol–water partition coefficient (Wildman–Crippen LogP) is 2.44. The van der Waals surface area contributed by atoms with Gasteiger partial charge in [0.05, 0.1) is 17.8 Å². The number of primary amides is 1. The third-order valence-electron chi connectivity index (χ3n) is 5.70. The number of aromatic nitrogens is 2. The second kappa shape index (κ2) is 10.0. The molecule has 0 unspecified atom stereocenters. The third-order valence-corrected chi connectivity index (χ3v) is 5.70. The molecule has 0 aromatic carbocycles. The van der Waals surface area contributed by atoms with Gasteiger partial charge in [-0.2, -0.15) is 4.98 Å². The van der Waals surface area contributed by atoms with E-state index in [0.29, 0.717) is 30.3 Å². The van der Waals surface area contributed by atoms with Crippen molar-refractivity contribution in [3.8, 4) is 0 Å². The van der Waals surface area contributed by atoms with Crippen LogP contribution < -0.4 is 16.4 Å². The lowest BCUT2D eigenvalue weighted by molar-refractivity contribution is 0.0346. The van der Waals surface area contributed by atoms with Crippen molar-refractivity contribution in [1.82, 2.24) is 9.97 Å². The van der Waals surface area contributed by atoms with Crippen LogP contribution in [0.4, 0.5) is 11.8 Å². The van der Waals surface area contributed by atoms with Gasteiger partial charge in [0.25, 0.3) is 5.91 Å². The van der Waals surface area contributed by atoms with E-state index in [1.54, 1.807) is 0 Å². The molecule has 0 radical (unpaired) electrons. The van der Waals surface area contributed by atoms with Crippen LogP contribution in [-0.2, 0) is 4.74 Å². The topological polar surface area (TPSA) is 122 Å². The van der Waals surface area contributed by atoms with Gasteiger partial charge >= 0.3 is 0 Å². The van der Waals surface area contributed by atoms with E-state index in [2.05, 4.69) is 20.6 Å². The van der Waals surface area contributed by atoms with E-state index in [0.717, 1.165) is 58.0 Å². The molecule has 1 heterocycles. The van der Waals surface area contributed by atoms with Crippen molar-refractivity contribution < 1.29 is 14.6 Å². The average Bonchev–Trinajstić information content (AvgIpc) is 2.87. The second-order valence-corrected chi connectivity index (χ2v) is 7.91. The zero-order chi connectivity index (χ0) is 19.9. The zero-order valence-electron chi connectivity index (χ0n) is 16.7. The number of aliphatic hydroxyl groups is 1. The molecule has 0 saturated heterocycles. The molecular weight excluding hydrogens is 358 g/mol. The fourth-order valence-electron chi connectivity index (χ4n) is 4.19. The fourth-order valence-corrected chi connectivity index (χ4v) is 4.19. The smallest absolute Gasteiger partial charge is 0.254 e. The van der Waals surface area contributed by atoms with E-state index >= 15 is 0 Å². The maximum absolute atomic E-state index is 11.8. The lowest BCUT2D eigenvalue weighted by Gasteiger charge is -2.29. The summed E-state index contributed by atoms with van der Waals surface area (Å²) in [7, 11) is 0. The second-order valence-electron chi connectivity index (χ2n) is 7.91. The molecule has 1 aromatic rings. The van der Waals surface area contributed by atoms with Crippen molar-refractivity contribution in [2.75, 3.05) is 17.2 Å². The van der Waals surface area contributed by atoms with Crippen LogP contribution >= 0.6 is 0 Å². The Kier molecular flexibility index (Phi) is 7.44. The molecule has 0 aliphatic heterocycles. The first-order chi connectivity index (χ1) is 13.5. The van der Waals surface area contributed by atoms with Gasteiger partial charge < -0.3 is 26.2 Å². The van der Waals surface area contributed by atoms with Crippen LogP contribution in [0.15, 0.2) is 6.20 Å². The van der Waals surface area contributed by atoms with Crippen molar-refractivity contribution in [3.63, 3.8) is 0 Å². The third kappa shape index (κ3) is 5.78. The Balaban J connectivity index is 1.66. The summed E-state index contributed by atoms with van der Waals surface area (Å²) in [6.07, 6.45) is 10.0. The van der Waals surface area contributed by atoms with Gasteiger partial charge in [-0.3, -0.25) is 4.79 Å². The Bertz CT molecular complexity index is 649. The molecule has 2 fully saturated rings. The van der Waals surface area contributed by atoms with E-state index < -0.39 is 5.91 Å². The minimum Gasteiger partial charge on any atom is -0.393 e. The quantitative estimate of drug-likeness (QED) is 0.527. The van der Waals surface area contributed by atoms with Crippen molar-refractivity contribution in [1.29, 1.82) is 0 Å². The number of carbonyl (C=O) groups excluding carboxylic acids is 1. The van der Waals surface area contributed by atoms with Gasteiger partial charge in [-0.1, -0.05) is 12.8 Å². The average molecular weight is 392 g/mol. The summed E-state index contributed by atoms with van der Waals surface area (Å²) in [6.45, 7) is 2.78. The van der Waals surface area contributed by atoms with E-state index in [9.17, 15) is 9.90 Å². The van der Waals surface area contributed by atoms with Gasteiger partial charge in [0.2, 0.25) is 5.95 Å². The number of amides is 1. The van der Waals surface area contributed by atoms with Crippen LogP contribution in [0.2, 0.25) is 0 Å². The number of ether oxygens (including phenoxy) is 1. The summed E-state index contributed by atoms with van der Waals surface area (Å²) < 4.78 is 5.71. The molecule has 0 spiro atoms. The minimum absolute atomic E-state index is 0.0694. The standard InChI is InChI=1S/C20H33N5O3/c1-2-28-16-9-7-13(8-10-16)24-20-22-12-17(18(21)27)19(25-20)23-14-5-3-4-6-15(26)11-14/h12-16,26H,2-11H2,1H3,(H2,21,27)(H2,22,23,24,25)/t13-,14-,15+,16-/m1/s1. The highest BCUT2D eigenvalue weighted by Gasteiger charge is 2.24. The molecule has 0 bridgehead atoms. The molecule has 8 heteroatoms. The fraction of sp³-hybridized carbons (Fsp3) is 0.750. The number of hydrogen-bond donors (Lipinski definition) is 4. The lowest BCUT2D eigenvalue weighted by Crippen LogP contribution is -2.31. The van der Waals surface area contributed by atoms with Gasteiger partial charge in [-0.15, -0.1) is 0 Å². The normalized spacial score (nSPS) is 28.4. The van der Waals surface area contributed by atoms with Crippen molar-refractivity contribution in [2.45, 2.75) is 89.0 Å². The van der Waals surface area contributed by atoms with Gasteiger partial charge in [-0.25, -0.2) is 4.98 Å². The predicted molar refractivity (Wildman–Crippen MR) is 108 cm³/mol. The van der Waals surface area contributed by atoms with Crippen molar-refractivity contribution >= 4 is 17.7 Å². The van der Waals surface area contributed by atoms with E-state index in [1.807, 2.05) is 6.92 Å². The molecular formula is C20H33N5O3. The van der Waals surface area contributed by atoms with Crippen LogP contribution in [0.3, 0.4) is 0 Å². The Morgan fingerprint density at radius 3 is 2.64 bits per heavy atom. The summed E-state index contributed by atoms with van der Waals surface area (Å²) in [6, 6.07) is 0.365. The van der Waals surface area contributed by atoms with E-state index in [-0.39, 0.29) is 17.7 Å². The van der Waals surface area contributed by atoms with Gasteiger partial charge in [0.1, 0.15) is 5.82 Å². The lowest BCUT2D eigenvalue weighted by atomic mass is 9.93. The Labute approximate surface area is 166 Å². The Morgan fingerprint density at radius 2 is 1.93 bits per heavy atom. The molecule has 2 atom stereocenters. The first-order valence-electron chi connectivity index (χ1n) is 10.5. The highest BCUT2D eigenvalue weighted by molar-refractivity contribution is 5.97. The number of rotatable bonds is 7. The van der Waals surface area contributed by atoms with Crippen molar-refractivity contribution in [2.24, 2.45) is 5.73 Å². The van der Waals surface area contributed by atoms with Crippen molar-refractivity contribution in [3.05, 3.63) is 11.8 Å². The van der Waals surface area contributed by atoms with Crippen LogP contribution in [0.1, 0.15) is 75.1 Å². The molecule has 5 N–H and O–H groups in total. The number of hydrogen-bond acceptors (Lipinski definition) is 7. The number of nitrogens with zero attached hydrogens (tertiary/aromatic N) is 2. The molecule has 3 rings (SSSR count). The molecule has 1 amide bonds. The maximum atomic E-state index is 11.8. The summed E-state index contributed by atoms with van der Waals surface area (Å²) >= 11 is 0. The molecule has 156 valence electrons. The largest absolute Gasteiger partial charge is 0.393 e. The van der Waals surface area contributed by atoms with Crippen LogP contribution in [-0.4, -0.2) is 51.9 Å². The molecule has 1 aromatic heterocycles. The van der Waals surface area contributed by atoms with Gasteiger partial charge in [0, 0.05) is 24.9 Å². The molecule has 2 aliphatic carbocycles. The number of nitrogens with one attached hydrogen (secondary N) is 2. The van der Waals surface area contributed by atoms with E-state index in [1.165, 1.54) is 6.20 Å². The summed E-state index contributed by atoms with van der Waals surface area (Å²) in [5, 5.41) is 16.8. The SMILES string of the molecule is CCO[C@H]1CC[C@H](Nc2ncc(C(N)=O)c(N[C@@H]3CCCC[C@H](O)C3)n2)CC1. The molecule has 2 aliphatic rings. The summed E-state index contributed by atoms with van der Waals surface area (Å²) in [5.74, 6) is 0.397. The maximum Gasteiger partial charge on any atom is 0.254 e. The number of aliphatic hydroxyl groups excluding tert-OH is 1. The van der Waals surface area contributed by atoms with Gasteiger partial charge in [-0.05, 0) is 51.9 Å². The molecule has 2 saturated carbocycles. The van der Waals surface area contributed by atoms with Crippen LogP contribution in [0, 0.1) is 0 Å². The highest BCUT2D eigenvalue weighted by Crippen LogP contribution is 2.25. The zero-order valence-corrected chi connectivity index (χ0v) is 16.7. The summed E-state index contributed by atoms with van der Waals surface area (Å²) in [4.78, 5) is 20.7. The first kappa shape index (κ1) is 20.8. The number of nitrogens with two attached hydrogens (primary N) is 1. The van der Waals surface area contributed by atoms with Gasteiger partial charge in [0.15, 0.2) is 0 Å². The Morgan fingerprint density at radius 1 is 1.18 bits per heavy atom. The first-order valence-corrected chi connectivity index (χ1v) is 10.5. The molecule has 8 nitrogen and oxygen atoms in total.